The lowest BCUT2D eigenvalue weighted by molar-refractivity contribution is 0.0142. The minimum absolute atomic E-state index is 0.175. The Balaban J connectivity index is 1.61. The number of piperidine rings is 1. The fraction of sp³-hybridized carbons (Fsp3) is 0.737. The molecule has 0 aromatic rings. The van der Waals surface area contributed by atoms with Crippen LogP contribution < -0.4 is 5.43 Å². The number of allylic oxidation sites excluding steroid dienone is 2. The molecule has 0 saturated carbocycles. The molecule has 0 unspecified atom stereocenters. The molecule has 24 heavy (non-hydrogen) atoms. The molecular weight excluding hydrogens is 302 g/mol. The summed E-state index contributed by atoms with van der Waals surface area (Å²) in [4.78, 5) is 14.1. The molecular formula is C19H31N3O2. The van der Waals surface area contributed by atoms with Crippen LogP contribution in [0.15, 0.2) is 23.4 Å². The molecule has 0 radical (unpaired) electrons. The number of hydrazine groups is 1. The van der Waals surface area contributed by atoms with E-state index < -0.39 is 5.60 Å². The highest BCUT2D eigenvalue weighted by Gasteiger charge is 2.39. The van der Waals surface area contributed by atoms with Gasteiger partial charge in [0.2, 0.25) is 0 Å². The van der Waals surface area contributed by atoms with Crippen molar-refractivity contribution in [1.29, 1.82) is 0 Å². The fourth-order valence-corrected chi connectivity index (χ4v) is 3.88. The summed E-state index contributed by atoms with van der Waals surface area (Å²) in [7, 11) is 0. The first-order chi connectivity index (χ1) is 11.2. The van der Waals surface area contributed by atoms with E-state index in [1.54, 1.807) is 0 Å². The number of amides is 1. The number of hydrogen-bond donors (Lipinski definition) is 1. The molecule has 0 aromatic carbocycles. The monoisotopic (exact) mass is 333 g/mol. The van der Waals surface area contributed by atoms with E-state index in [1.165, 1.54) is 11.3 Å². The van der Waals surface area contributed by atoms with Crippen LogP contribution in [0, 0.1) is 5.41 Å². The standard InChI is InChI=1S/C19H31N3O2/c1-14(2)22-16-6-7-19(12-15(16)13-20-22)8-10-21(11-9-19)17(23)24-18(3,4)5/h6-7,14,20H,8-13H2,1-5H3. The summed E-state index contributed by atoms with van der Waals surface area (Å²) >= 11 is 0. The van der Waals surface area contributed by atoms with Crippen LogP contribution in [-0.2, 0) is 4.74 Å². The maximum Gasteiger partial charge on any atom is 0.410 e. The van der Waals surface area contributed by atoms with Crippen molar-refractivity contribution in [2.75, 3.05) is 19.6 Å². The number of nitrogens with zero attached hydrogens (tertiary/aromatic N) is 2. The normalized spacial score (nSPS) is 23.2. The van der Waals surface area contributed by atoms with Crippen LogP contribution in [0.25, 0.3) is 0 Å². The second kappa shape index (κ2) is 6.10. The number of ether oxygens (including phenoxy) is 1. The van der Waals surface area contributed by atoms with E-state index in [9.17, 15) is 4.79 Å². The van der Waals surface area contributed by atoms with E-state index in [0.29, 0.717) is 6.04 Å². The van der Waals surface area contributed by atoms with Gasteiger partial charge in [-0.2, -0.15) is 0 Å². The summed E-state index contributed by atoms with van der Waals surface area (Å²) in [6.07, 6.45) is 7.65. The first kappa shape index (κ1) is 17.3. The maximum absolute atomic E-state index is 12.2. The molecule has 1 N–H and O–H groups in total. The molecule has 5 nitrogen and oxygen atoms in total. The Morgan fingerprint density at radius 1 is 1.29 bits per heavy atom. The van der Waals surface area contributed by atoms with E-state index in [4.69, 9.17) is 4.74 Å². The van der Waals surface area contributed by atoms with Gasteiger partial charge in [0.15, 0.2) is 0 Å². The van der Waals surface area contributed by atoms with E-state index in [1.807, 2.05) is 25.7 Å². The van der Waals surface area contributed by atoms with Gasteiger partial charge in [-0.15, -0.1) is 0 Å². The maximum atomic E-state index is 12.2. The van der Waals surface area contributed by atoms with Crippen molar-refractivity contribution in [3.63, 3.8) is 0 Å². The molecule has 0 aromatic heterocycles. The number of likely N-dealkylation sites (tertiary alicyclic amines) is 1. The van der Waals surface area contributed by atoms with Gasteiger partial charge >= 0.3 is 6.09 Å². The Morgan fingerprint density at radius 2 is 1.96 bits per heavy atom. The van der Waals surface area contributed by atoms with Gasteiger partial charge in [-0.25, -0.2) is 10.2 Å². The number of rotatable bonds is 1. The Bertz CT molecular complexity index is 564. The summed E-state index contributed by atoms with van der Waals surface area (Å²) in [5.41, 5.74) is 6.15. The third-order valence-electron chi connectivity index (χ3n) is 5.17. The van der Waals surface area contributed by atoms with Crippen molar-refractivity contribution in [1.82, 2.24) is 15.3 Å². The van der Waals surface area contributed by atoms with Gasteiger partial charge in [-0.3, -0.25) is 0 Å². The van der Waals surface area contributed by atoms with Gasteiger partial charge < -0.3 is 14.6 Å². The SMILES string of the molecule is CC(C)N1NCC2=C1C=CC1(CCN(C(=O)OC(C)(C)C)CC1)C2. The predicted octanol–water partition coefficient (Wildman–Crippen LogP) is 3.45. The molecule has 1 aliphatic carbocycles. The number of carbonyl (C=O) groups is 1. The van der Waals surface area contributed by atoms with Crippen molar-refractivity contribution < 1.29 is 9.53 Å². The summed E-state index contributed by atoms with van der Waals surface area (Å²) in [5.74, 6) is 0. The minimum atomic E-state index is -0.424. The fourth-order valence-electron chi connectivity index (χ4n) is 3.88. The summed E-state index contributed by atoms with van der Waals surface area (Å²) < 4.78 is 5.51. The van der Waals surface area contributed by atoms with Crippen molar-refractivity contribution in [2.24, 2.45) is 5.41 Å². The lowest BCUT2D eigenvalue weighted by Crippen LogP contribution is -2.45. The smallest absolute Gasteiger partial charge is 0.410 e. The van der Waals surface area contributed by atoms with E-state index >= 15 is 0 Å². The Labute approximate surface area is 145 Å². The van der Waals surface area contributed by atoms with Crippen LogP contribution in [0.5, 0.6) is 0 Å². The van der Waals surface area contributed by atoms with Crippen molar-refractivity contribution in [3.8, 4) is 0 Å². The highest BCUT2D eigenvalue weighted by molar-refractivity contribution is 5.68. The molecule has 1 spiro atoms. The lowest BCUT2D eigenvalue weighted by Gasteiger charge is -2.42. The molecule has 5 heteroatoms. The summed E-state index contributed by atoms with van der Waals surface area (Å²) in [6, 6.07) is 0.463. The average Bonchev–Trinajstić information content (AvgIpc) is 2.89. The van der Waals surface area contributed by atoms with Crippen LogP contribution in [0.1, 0.15) is 53.9 Å². The molecule has 2 heterocycles. The molecule has 1 fully saturated rings. The topological polar surface area (TPSA) is 44.8 Å². The summed E-state index contributed by atoms with van der Waals surface area (Å²) in [5, 5.41) is 2.27. The zero-order valence-corrected chi connectivity index (χ0v) is 15.7. The first-order valence-electron chi connectivity index (χ1n) is 9.11. The minimum Gasteiger partial charge on any atom is -0.444 e. The number of nitrogens with one attached hydrogen (secondary N) is 1. The average molecular weight is 333 g/mol. The molecule has 1 saturated heterocycles. The Hall–Kier alpha value is -1.49. The zero-order valence-electron chi connectivity index (χ0n) is 15.7. The quantitative estimate of drug-likeness (QED) is 0.798. The van der Waals surface area contributed by atoms with Crippen LogP contribution in [0.4, 0.5) is 4.79 Å². The Morgan fingerprint density at radius 3 is 2.54 bits per heavy atom. The lowest BCUT2D eigenvalue weighted by atomic mass is 9.71. The van der Waals surface area contributed by atoms with E-state index in [2.05, 4.69) is 36.4 Å². The molecule has 3 rings (SSSR count). The number of carbonyl (C=O) groups excluding carboxylic acids is 1. The molecule has 0 bridgehead atoms. The van der Waals surface area contributed by atoms with E-state index in [0.717, 1.165) is 38.9 Å². The van der Waals surface area contributed by atoms with Gasteiger partial charge in [0.05, 0.1) is 5.70 Å². The van der Waals surface area contributed by atoms with Crippen LogP contribution in [0.3, 0.4) is 0 Å². The van der Waals surface area contributed by atoms with Gasteiger partial charge in [0.25, 0.3) is 0 Å². The second-order valence-corrected chi connectivity index (χ2v) is 8.63. The highest BCUT2D eigenvalue weighted by atomic mass is 16.6. The second-order valence-electron chi connectivity index (χ2n) is 8.63. The summed E-state index contributed by atoms with van der Waals surface area (Å²) in [6.45, 7) is 12.7. The third kappa shape index (κ3) is 3.46. The largest absolute Gasteiger partial charge is 0.444 e. The number of hydrogen-bond acceptors (Lipinski definition) is 4. The van der Waals surface area contributed by atoms with Crippen LogP contribution in [0.2, 0.25) is 0 Å². The van der Waals surface area contributed by atoms with Crippen molar-refractivity contribution in [3.05, 3.63) is 23.4 Å². The van der Waals surface area contributed by atoms with E-state index in [-0.39, 0.29) is 11.5 Å². The first-order valence-corrected chi connectivity index (χ1v) is 9.11. The van der Waals surface area contributed by atoms with Gasteiger partial charge in [0, 0.05) is 25.7 Å². The zero-order chi connectivity index (χ0) is 17.5. The molecule has 1 amide bonds. The highest BCUT2D eigenvalue weighted by Crippen LogP contribution is 2.44. The van der Waals surface area contributed by atoms with Crippen molar-refractivity contribution in [2.45, 2.75) is 65.5 Å². The van der Waals surface area contributed by atoms with Crippen LogP contribution in [-0.4, -0.2) is 47.3 Å². The van der Waals surface area contributed by atoms with Crippen molar-refractivity contribution >= 4 is 6.09 Å². The van der Waals surface area contributed by atoms with Crippen LogP contribution >= 0.6 is 0 Å². The van der Waals surface area contributed by atoms with Gasteiger partial charge in [-0.1, -0.05) is 6.08 Å². The molecule has 2 aliphatic heterocycles. The van der Waals surface area contributed by atoms with Gasteiger partial charge in [-0.05, 0) is 70.9 Å². The Kier molecular flexibility index (Phi) is 4.41. The molecule has 134 valence electrons. The third-order valence-corrected chi connectivity index (χ3v) is 5.17. The molecule has 3 aliphatic rings. The van der Waals surface area contributed by atoms with Gasteiger partial charge in [0.1, 0.15) is 5.60 Å². The molecule has 0 atom stereocenters. The predicted molar refractivity (Wildman–Crippen MR) is 95.2 cm³/mol.